The second-order valence-electron chi connectivity index (χ2n) is 8.26. The molecule has 0 saturated carbocycles. The fourth-order valence-corrected chi connectivity index (χ4v) is 5.00. The molecule has 0 aliphatic carbocycles. The number of hydrogen-bond donors (Lipinski definition) is 1. The number of nitrogens with zero attached hydrogens (tertiary/aromatic N) is 2. The standard InChI is InChI=1S/C25H19BrCl2N2O4/c26-17-8-6-16(7-9-17)25(33)14-22(15-4-2-1-3-5-15)30(34-25)21-13-23(31)29(24(21)32)18-10-11-19(27)20(28)12-18/h1-12,21-22,33H,13-14H2/t21-,22+,25-/m0/s1. The summed E-state index contributed by atoms with van der Waals surface area (Å²) in [7, 11) is 0. The number of hydrogen-bond acceptors (Lipinski definition) is 5. The normalized spacial score (nSPS) is 25.4. The van der Waals surface area contributed by atoms with E-state index in [9.17, 15) is 14.7 Å². The van der Waals surface area contributed by atoms with Crippen molar-refractivity contribution >= 4 is 56.6 Å². The SMILES string of the molecule is O=C1C[C@H](N2O[C@](O)(c3ccc(Br)cc3)C[C@@H]2c2ccccc2)C(=O)N1c1ccc(Cl)c(Cl)c1. The van der Waals surface area contributed by atoms with Crippen molar-refractivity contribution in [2.75, 3.05) is 4.90 Å². The molecule has 3 aromatic rings. The Labute approximate surface area is 214 Å². The Balaban J connectivity index is 1.51. The molecule has 2 aliphatic rings. The molecule has 5 rings (SSSR count). The Bertz CT molecular complexity index is 1260. The molecule has 6 nitrogen and oxygen atoms in total. The number of benzene rings is 3. The summed E-state index contributed by atoms with van der Waals surface area (Å²) in [6.07, 6.45) is 0.0855. The van der Waals surface area contributed by atoms with Gasteiger partial charge < -0.3 is 5.11 Å². The van der Waals surface area contributed by atoms with E-state index in [-0.39, 0.29) is 23.8 Å². The van der Waals surface area contributed by atoms with E-state index < -0.39 is 23.8 Å². The number of imide groups is 1. The molecule has 2 fully saturated rings. The number of rotatable bonds is 4. The maximum Gasteiger partial charge on any atom is 0.254 e. The Morgan fingerprint density at radius 2 is 1.65 bits per heavy atom. The van der Waals surface area contributed by atoms with Crippen molar-refractivity contribution in [3.05, 3.63) is 98.4 Å². The quantitative estimate of drug-likeness (QED) is 0.419. The summed E-state index contributed by atoms with van der Waals surface area (Å²) in [6, 6.07) is 19.9. The summed E-state index contributed by atoms with van der Waals surface area (Å²) in [4.78, 5) is 33.6. The molecule has 1 N–H and O–H groups in total. The third-order valence-electron chi connectivity index (χ3n) is 6.10. The molecule has 3 aromatic carbocycles. The Hall–Kier alpha value is -2.26. The maximum atomic E-state index is 13.5. The van der Waals surface area contributed by atoms with E-state index in [0.29, 0.717) is 16.3 Å². The van der Waals surface area contributed by atoms with Gasteiger partial charge in [-0.1, -0.05) is 81.6 Å². The molecule has 0 unspecified atom stereocenters. The molecule has 0 aromatic heterocycles. The fourth-order valence-electron chi connectivity index (χ4n) is 4.44. The summed E-state index contributed by atoms with van der Waals surface area (Å²) < 4.78 is 0.864. The van der Waals surface area contributed by atoms with Crippen molar-refractivity contribution in [2.24, 2.45) is 0 Å². The first-order chi connectivity index (χ1) is 16.3. The van der Waals surface area contributed by atoms with Crippen molar-refractivity contribution in [3.63, 3.8) is 0 Å². The van der Waals surface area contributed by atoms with Crippen LogP contribution in [0.25, 0.3) is 0 Å². The average Bonchev–Trinajstić information content (AvgIpc) is 3.33. The summed E-state index contributed by atoms with van der Waals surface area (Å²) in [5, 5.41) is 13.5. The Morgan fingerprint density at radius 1 is 0.941 bits per heavy atom. The van der Waals surface area contributed by atoms with E-state index in [2.05, 4.69) is 15.9 Å². The van der Waals surface area contributed by atoms with Gasteiger partial charge in [-0.25, -0.2) is 4.90 Å². The van der Waals surface area contributed by atoms with Gasteiger partial charge in [0, 0.05) is 16.5 Å². The van der Waals surface area contributed by atoms with Crippen LogP contribution in [0.4, 0.5) is 5.69 Å². The summed E-state index contributed by atoms with van der Waals surface area (Å²) in [6.45, 7) is 0. The highest BCUT2D eigenvalue weighted by Crippen LogP contribution is 2.47. The van der Waals surface area contributed by atoms with E-state index in [1.807, 2.05) is 42.5 Å². The molecule has 2 heterocycles. The molecular weight excluding hydrogens is 543 g/mol. The van der Waals surface area contributed by atoms with E-state index in [1.165, 1.54) is 11.1 Å². The third-order valence-corrected chi connectivity index (χ3v) is 7.37. The van der Waals surface area contributed by atoms with Gasteiger partial charge in [-0.2, -0.15) is 5.06 Å². The fraction of sp³-hybridized carbons (Fsp3) is 0.200. The van der Waals surface area contributed by atoms with Crippen molar-refractivity contribution < 1.29 is 19.5 Å². The monoisotopic (exact) mass is 560 g/mol. The summed E-state index contributed by atoms with van der Waals surface area (Å²) >= 11 is 15.5. The Morgan fingerprint density at radius 3 is 2.32 bits per heavy atom. The second kappa shape index (κ2) is 9.07. The number of halogens is 3. The molecule has 3 atom stereocenters. The van der Waals surface area contributed by atoms with Gasteiger partial charge >= 0.3 is 0 Å². The zero-order valence-corrected chi connectivity index (χ0v) is 20.8. The zero-order chi connectivity index (χ0) is 24.0. The molecule has 0 radical (unpaired) electrons. The van der Waals surface area contributed by atoms with Crippen LogP contribution in [-0.2, 0) is 20.2 Å². The van der Waals surface area contributed by atoms with E-state index >= 15 is 0 Å². The molecule has 9 heteroatoms. The van der Waals surface area contributed by atoms with Crippen LogP contribution in [0.3, 0.4) is 0 Å². The first kappa shape index (κ1) is 23.5. The van der Waals surface area contributed by atoms with Crippen LogP contribution in [0.2, 0.25) is 10.0 Å². The zero-order valence-electron chi connectivity index (χ0n) is 17.7. The van der Waals surface area contributed by atoms with Gasteiger partial charge in [0.05, 0.1) is 28.2 Å². The first-order valence-corrected chi connectivity index (χ1v) is 12.1. The molecule has 0 spiro atoms. The number of anilines is 1. The highest BCUT2D eigenvalue weighted by Gasteiger charge is 2.54. The van der Waals surface area contributed by atoms with Gasteiger partial charge in [-0.05, 0) is 35.9 Å². The van der Waals surface area contributed by atoms with Gasteiger partial charge in [0.2, 0.25) is 11.7 Å². The minimum atomic E-state index is -1.67. The molecular formula is C25H19BrCl2N2O4. The largest absolute Gasteiger partial charge is 0.361 e. The van der Waals surface area contributed by atoms with Crippen molar-refractivity contribution in [1.82, 2.24) is 5.06 Å². The van der Waals surface area contributed by atoms with Crippen LogP contribution in [0.5, 0.6) is 0 Å². The van der Waals surface area contributed by atoms with Crippen LogP contribution in [0.15, 0.2) is 77.3 Å². The highest BCUT2D eigenvalue weighted by molar-refractivity contribution is 9.10. The van der Waals surface area contributed by atoms with Crippen LogP contribution < -0.4 is 4.90 Å². The van der Waals surface area contributed by atoms with Crippen LogP contribution in [0, 0.1) is 0 Å². The smallest absolute Gasteiger partial charge is 0.254 e. The molecule has 2 saturated heterocycles. The Kier molecular flexibility index (Phi) is 6.27. The number of amides is 2. The van der Waals surface area contributed by atoms with Crippen LogP contribution >= 0.6 is 39.1 Å². The minimum Gasteiger partial charge on any atom is -0.361 e. The van der Waals surface area contributed by atoms with E-state index in [0.717, 1.165) is 14.9 Å². The number of carbonyl (C=O) groups excluding carboxylic acids is 2. The highest BCUT2D eigenvalue weighted by atomic mass is 79.9. The number of carbonyl (C=O) groups is 2. The van der Waals surface area contributed by atoms with Crippen LogP contribution in [-0.4, -0.2) is 28.0 Å². The molecule has 2 amide bonds. The minimum absolute atomic E-state index is 0.0984. The van der Waals surface area contributed by atoms with Crippen molar-refractivity contribution in [3.8, 4) is 0 Å². The summed E-state index contributed by atoms with van der Waals surface area (Å²) in [5.41, 5.74) is 1.76. The number of hydroxylamine groups is 2. The van der Waals surface area contributed by atoms with E-state index in [4.69, 9.17) is 28.0 Å². The maximum absolute atomic E-state index is 13.5. The second-order valence-corrected chi connectivity index (χ2v) is 9.99. The molecule has 2 aliphatic heterocycles. The van der Waals surface area contributed by atoms with Gasteiger partial charge in [-0.3, -0.25) is 14.4 Å². The molecule has 174 valence electrons. The molecule has 0 bridgehead atoms. The van der Waals surface area contributed by atoms with Crippen LogP contribution in [0.1, 0.15) is 30.0 Å². The lowest BCUT2D eigenvalue weighted by Gasteiger charge is -2.28. The average molecular weight is 562 g/mol. The lowest BCUT2D eigenvalue weighted by Crippen LogP contribution is -2.42. The van der Waals surface area contributed by atoms with Crippen molar-refractivity contribution in [1.29, 1.82) is 0 Å². The van der Waals surface area contributed by atoms with Gasteiger partial charge in [0.25, 0.3) is 5.91 Å². The predicted octanol–water partition coefficient (Wildman–Crippen LogP) is 5.61. The van der Waals surface area contributed by atoms with Gasteiger partial charge in [0.15, 0.2) is 0 Å². The van der Waals surface area contributed by atoms with Gasteiger partial charge in [0.1, 0.15) is 6.04 Å². The topological polar surface area (TPSA) is 70.1 Å². The predicted molar refractivity (Wildman–Crippen MR) is 132 cm³/mol. The lowest BCUT2D eigenvalue weighted by molar-refractivity contribution is -0.303. The lowest BCUT2D eigenvalue weighted by atomic mass is 9.94. The van der Waals surface area contributed by atoms with E-state index in [1.54, 1.807) is 24.3 Å². The third kappa shape index (κ3) is 4.17. The first-order valence-electron chi connectivity index (χ1n) is 10.6. The number of aliphatic hydroxyl groups is 1. The molecule has 34 heavy (non-hydrogen) atoms. The van der Waals surface area contributed by atoms with Gasteiger partial charge in [-0.15, -0.1) is 0 Å². The summed E-state index contributed by atoms with van der Waals surface area (Å²) in [5.74, 6) is -2.51. The van der Waals surface area contributed by atoms with Crippen molar-refractivity contribution in [2.45, 2.75) is 30.7 Å².